The Morgan fingerprint density at radius 1 is 1.41 bits per heavy atom. The van der Waals surface area contributed by atoms with Crippen molar-refractivity contribution in [2.24, 2.45) is 0 Å². The molecule has 1 N–H and O–H groups in total. The molecule has 0 aliphatic heterocycles. The lowest BCUT2D eigenvalue weighted by Crippen LogP contribution is -2.17. The summed E-state index contributed by atoms with van der Waals surface area (Å²) in [7, 11) is -2.01. The third-order valence-corrected chi connectivity index (χ3v) is 4.38. The minimum absolute atomic E-state index is 0.288. The van der Waals surface area contributed by atoms with Crippen LogP contribution in [0, 0.1) is 0 Å². The zero-order chi connectivity index (χ0) is 12.5. The molecule has 6 heteroatoms. The number of carbonyl (C=O) groups is 1. The summed E-state index contributed by atoms with van der Waals surface area (Å²) in [5.74, 6) is -0.488. The highest BCUT2D eigenvalue weighted by atomic mass is 32.2. The molecule has 0 saturated heterocycles. The van der Waals surface area contributed by atoms with Crippen LogP contribution in [0.4, 0.5) is 5.69 Å². The predicted molar refractivity (Wildman–Crippen MR) is 63.3 cm³/mol. The van der Waals surface area contributed by atoms with E-state index in [2.05, 4.69) is 9.46 Å². The van der Waals surface area contributed by atoms with Crippen molar-refractivity contribution in [2.45, 2.75) is 18.1 Å². The van der Waals surface area contributed by atoms with Gasteiger partial charge in [0, 0.05) is 5.69 Å². The van der Waals surface area contributed by atoms with Crippen molar-refractivity contribution < 1.29 is 17.9 Å². The average molecular weight is 255 g/mol. The molecular formula is C11H13NO4S. The first-order chi connectivity index (χ1) is 8.03. The van der Waals surface area contributed by atoms with Crippen LogP contribution >= 0.6 is 0 Å². The number of nitrogens with one attached hydrogen (secondary N) is 1. The van der Waals surface area contributed by atoms with Gasteiger partial charge in [0.2, 0.25) is 10.0 Å². The SMILES string of the molecule is COC(=O)c1cccc(NS(=O)(=O)C2CC2)c1. The van der Waals surface area contributed by atoms with Crippen LogP contribution in [-0.2, 0) is 14.8 Å². The summed E-state index contributed by atoms with van der Waals surface area (Å²) >= 11 is 0. The lowest BCUT2D eigenvalue weighted by atomic mass is 10.2. The van der Waals surface area contributed by atoms with E-state index in [1.165, 1.54) is 13.2 Å². The topological polar surface area (TPSA) is 72.5 Å². The first-order valence-electron chi connectivity index (χ1n) is 5.23. The van der Waals surface area contributed by atoms with Gasteiger partial charge in [-0.15, -0.1) is 0 Å². The molecule has 5 nitrogen and oxygen atoms in total. The van der Waals surface area contributed by atoms with E-state index in [0.717, 1.165) is 0 Å². The van der Waals surface area contributed by atoms with Crippen LogP contribution in [0.2, 0.25) is 0 Å². The number of sulfonamides is 1. The van der Waals surface area contributed by atoms with Crippen molar-refractivity contribution >= 4 is 21.7 Å². The van der Waals surface area contributed by atoms with E-state index in [1.807, 2.05) is 0 Å². The third-order valence-electron chi connectivity index (χ3n) is 2.51. The molecule has 1 aliphatic carbocycles. The highest BCUT2D eigenvalue weighted by molar-refractivity contribution is 7.93. The molecule has 0 spiro atoms. The molecule has 0 aromatic heterocycles. The summed E-state index contributed by atoms with van der Waals surface area (Å²) in [6, 6.07) is 6.25. The molecule has 1 aromatic carbocycles. The molecule has 0 radical (unpaired) electrons. The van der Waals surface area contributed by atoms with Gasteiger partial charge in [-0.1, -0.05) is 6.07 Å². The maximum Gasteiger partial charge on any atom is 0.337 e. The fraction of sp³-hybridized carbons (Fsp3) is 0.364. The summed E-state index contributed by atoms with van der Waals surface area (Å²) in [5, 5.41) is -0.288. The fourth-order valence-electron chi connectivity index (χ4n) is 1.45. The van der Waals surface area contributed by atoms with Crippen LogP contribution in [0.5, 0.6) is 0 Å². The van der Waals surface area contributed by atoms with Crippen LogP contribution in [0.1, 0.15) is 23.2 Å². The van der Waals surface area contributed by atoms with Crippen molar-refractivity contribution in [2.75, 3.05) is 11.8 Å². The standard InChI is InChI=1S/C11H13NO4S/c1-16-11(13)8-3-2-4-9(7-8)12-17(14,15)10-5-6-10/h2-4,7,10,12H,5-6H2,1H3. The van der Waals surface area contributed by atoms with Gasteiger partial charge in [-0.05, 0) is 31.0 Å². The second-order valence-electron chi connectivity index (χ2n) is 3.92. The van der Waals surface area contributed by atoms with Gasteiger partial charge in [-0.25, -0.2) is 13.2 Å². The first-order valence-corrected chi connectivity index (χ1v) is 6.77. The number of hydrogen-bond acceptors (Lipinski definition) is 4. The van der Waals surface area contributed by atoms with Gasteiger partial charge in [0.25, 0.3) is 0 Å². The van der Waals surface area contributed by atoms with Gasteiger partial charge < -0.3 is 4.74 Å². The van der Waals surface area contributed by atoms with Gasteiger partial charge in [-0.2, -0.15) is 0 Å². The summed E-state index contributed by atoms with van der Waals surface area (Å²) in [4.78, 5) is 11.3. The number of anilines is 1. The number of ether oxygens (including phenoxy) is 1. The summed E-state index contributed by atoms with van der Waals surface area (Å²) in [5.41, 5.74) is 0.711. The largest absolute Gasteiger partial charge is 0.465 e. The van der Waals surface area contributed by atoms with E-state index < -0.39 is 16.0 Å². The highest BCUT2D eigenvalue weighted by Crippen LogP contribution is 2.29. The first kappa shape index (κ1) is 11.9. The smallest absolute Gasteiger partial charge is 0.337 e. The van der Waals surface area contributed by atoms with Gasteiger partial charge in [0.05, 0.1) is 17.9 Å². The lowest BCUT2D eigenvalue weighted by molar-refractivity contribution is 0.0601. The monoisotopic (exact) mass is 255 g/mol. The number of benzene rings is 1. The Hall–Kier alpha value is -1.56. The summed E-state index contributed by atoms with van der Waals surface area (Å²) < 4.78 is 30.4. The summed E-state index contributed by atoms with van der Waals surface area (Å²) in [6.45, 7) is 0. The Morgan fingerprint density at radius 3 is 2.71 bits per heavy atom. The van der Waals surface area contributed by atoms with Gasteiger partial charge in [0.1, 0.15) is 0 Å². The Balaban J connectivity index is 2.19. The molecule has 92 valence electrons. The quantitative estimate of drug-likeness (QED) is 0.825. The highest BCUT2D eigenvalue weighted by Gasteiger charge is 2.35. The van der Waals surface area contributed by atoms with Crippen LogP contribution in [0.15, 0.2) is 24.3 Å². The number of hydrogen-bond donors (Lipinski definition) is 1. The zero-order valence-electron chi connectivity index (χ0n) is 9.34. The average Bonchev–Trinajstić information content (AvgIpc) is 3.11. The number of methoxy groups -OCH3 is 1. The van der Waals surface area contributed by atoms with Crippen LogP contribution in [0.25, 0.3) is 0 Å². The van der Waals surface area contributed by atoms with Crippen LogP contribution < -0.4 is 4.72 Å². The fourth-order valence-corrected chi connectivity index (χ4v) is 2.83. The van der Waals surface area contributed by atoms with Crippen molar-refractivity contribution in [3.8, 4) is 0 Å². The van der Waals surface area contributed by atoms with E-state index in [-0.39, 0.29) is 5.25 Å². The van der Waals surface area contributed by atoms with E-state index in [1.54, 1.807) is 18.2 Å². The third kappa shape index (κ3) is 2.76. The second-order valence-corrected chi connectivity index (χ2v) is 5.88. The van der Waals surface area contributed by atoms with E-state index in [4.69, 9.17) is 0 Å². The maximum atomic E-state index is 11.7. The van der Waals surface area contributed by atoms with Crippen molar-refractivity contribution in [3.63, 3.8) is 0 Å². The minimum atomic E-state index is -3.29. The molecule has 1 aliphatic rings. The molecule has 0 amide bonds. The summed E-state index contributed by atoms with van der Waals surface area (Å²) in [6.07, 6.45) is 1.40. The number of rotatable bonds is 4. The zero-order valence-corrected chi connectivity index (χ0v) is 10.2. The number of esters is 1. The van der Waals surface area contributed by atoms with E-state index >= 15 is 0 Å². The minimum Gasteiger partial charge on any atom is -0.465 e. The van der Waals surface area contributed by atoms with Crippen molar-refractivity contribution in [1.82, 2.24) is 0 Å². The molecule has 0 bridgehead atoms. The normalized spacial score (nSPS) is 15.4. The molecule has 0 unspecified atom stereocenters. The Kier molecular flexibility index (Phi) is 3.06. The van der Waals surface area contributed by atoms with E-state index in [0.29, 0.717) is 24.1 Å². The molecule has 17 heavy (non-hydrogen) atoms. The van der Waals surface area contributed by atoms with E-state index in [9.17, 15) is 13.2 Å². The molecular weight excluding hydrogens is 242 g/mol. The molecule has 0 heterocycles. The Labute approximate surface area is 99.8 Å². The molecule has 1 saturated carbocycles. The number of carbonyl (C=O) groups excluding carboxylic acids is 1. The van der Waals surface area contributed by atoms with Crippen LogP contribution in [-0.4, -0.2) is 26.7 Å². The molecule has 1 fully saturated rings. The van der Waals surface area contributed by atoms with Gasteiger partial charge in [-0.3, -0.25) is 4.72 Å². The van der Waals surface area contributed by atoms with Crippen molar-refractivity contribution in [3.05, 3.63) is 29.8 Å². The Bertz CT molecular complexity index is 534. The van der Waals surface area contributed by atoms with Gasteiger partial charge in [0.15, 0.2) is 0 Å². The van der Waals surface area contributed by atoms with Crippen molar-refractivity contribution in [1.29, 1.82) is 0 Å². The molecule has 2 rings (SSSR count). The lowest BCUT2D eigenvalue weighted by Gasteiger charge is -2.07. The van der Waals surface area contributed by atoms with Crippen LogP contribution in [0.3, 0.4) is 0 Å². The molecule has 1 aromatic rings. The molecule has 0 atom stereocenters. The predicted octanol–water partition coefficient (Wildman–Crippen LogP) is 1.38. The maximum absolute atomic E-state index is 11.7. The van der Waals surface area contributed by atoms with Gasteiger partial charge >= 0.3 is 5.97 Å². The second kappa shape index (κ2) is 4.37. The Morgan fingerprint density at radius 2 is 2.12 bits per heavy atom.